The van der Waals surface area contributed by atoms with Crippen LogP contribution in [0.25, 0.3) is 6.08 Å². The van der Waals surface area contributed by atoms with Gasteiger partial charge < -0.3 is 14.8 Å². The van der Waals surface area contributed by atoms with E-state index in [4.69, 9.17) is 9.47 Å². The Balaban J connectivity index is 1.91. The molecular weight excluding hydrogens is 394 g/mol. The molecular formula is C17H16BrNO4S. The maximum absolute atomic E-state index is 12.1. The number of esters is 1. The molecule has 0 saturated heterocycles. The van der Waals surface area contributed by atoms with Crippen LogP contribution in [0.15, 0.2) is 46.3 Å². The van der Waals surface area contributed by atoms with Crippen LogP contribution < -0.4 is 10.1 Å². The van der Waals surface area contributed by atoms with E-state index in [1.54, 1.807) is 30.3 Å². The van der Waals surface area contributed by atoms with Crippen molar-refractivity contribution in [3.05, 3.63) is 51.1 Å². The lowest BCUT2D eigenvalue weighted by atomic mass is 10.2. The van der Waals surface area contributed by atoms with Gasteiger partial charge in [0.25, 0.3) is 5.91 Å². The molecule has 0 aliphatic heterocycles. The minimum Gasteiger partial charge on any atom is -0.495 e. The van der Waals surface area contributed by atoms with Gasteiger partial charge in [-0.2, -0.15) is 0 Å². The van der Waals surface area contributed by atoms with Gasteiger partial charge in [-0.25, -0.2) is 4.79 Å². The van der Waals surface area contributed by atoms with Crippen LogP contribution in [0.5, 0.6) is 5.75 Å². The Morgan fingerprint density at radius 3 is 2.67 bits per heavy atom. The molecule has 0 spiro atoms. The van der Waals surface area contributed by atoms with Crippen molar-refractivity contribution in [1.29, 1.82) is 0 Å². The van der Waals surface area contributed by atoms with Crippen molar-refractivity contribution >= 4 is 50.9 Å². The monoisotopic (exact) mass is 409 g/mol. The van der Waals surface area contributed by atoms with Crippen molar-refractivity contribution in [2.24, 2.45) is 0 Å². The second-order valence-electron chi connectivity index (χ2n) is 4.74. The van der Waals surface area contributed by atoms with Crippen LogP contribution in [-0.2, 0) is 14.3 Å². The Morgan fingerprint density at radius 1 is 1.25 bits per heavy atom. The Morgan fingerprint density at radius 2 is 2.00 bits per heavy atom. The average Bonchev–Trinajstić information content (AvgIpc) is 2.99. The number of para-hydroxylation sites is 2. The Kier molecular flexibility index (Phi) is 6.57. The average molecular weight is 410 g/mol. The number of hydrogen-bond donors (Lipinski definition) is 1. The summed E-state index contributed by atoms with van der Waals surface area (Å²) >= 11 is 4.84. The quantitative estimate of drug-likeness (QED) is 0.575. The molecule has 2 aromatic rings. The molecule has 7 heteroatoms. The molecule has 1 heterocycles. The number of carbonyl (C=O) groups excluding carboxylic acids is 2. The van der Waals surface area contributed by atoms with E-state index in [0.717, 1.165) is 8.66 Å². The summed E-state index contributed by atoms with van der Waals surface area (Å²) in [6.07, 6.45) is 2.01. The van der Waals surface area contributed by atoms with Crippen molar-refractivity contribution in [2.45, 2.75) is 13.0 Å². The fraction of sp³-hybridized carbons (Fsp3) is 0.176. The zero-order valence-corrected chi connectivity index (χ0v) is 15.5. The van der Waals surface area contributed by atoms with Crippen molar-refractivity contribution in [1.82, 2.24) is 0 Å². The van der Waals surface area contributed by atoms with Gasteiger partial charge in [0.2, 0.25) is 0 Å². The van der Waals surface area contributed by atoms with E-state index in [9.17, 15) is 9.59 Å². The van der Waals surface area contributed by atoms with Crippen LogP contribution in [0.1, 0.15) is 11.8 Å². The maximum atomic E-state index is 12.1. The number of amides is 1. The number of halogens is 1. The summed E-state index contributed by atoms with van der Waals surface area (Å²) in [5, 5.41) is 2.67. The van der Waals surface area contributed by atoms with Gasteiger partial charge >= 0.3 is 5.97 Å². The molecule has 126 valence electrons. The molecule has 0 unspecified atom stereocenters. The zero-order chi connectivity index (χ0) is 17.5. The van der Waals surface area contributed by atoms with Gasteiger partial charge in [-0.3, -0.25) is 4.79 Å². The molecule has 1 N–H and O–H groups in total. The molecule has 1 aromatic carbocycles. The van der Waals surface area contributed by atoms with Crippen LogP contribution in [0.3, 0.4) is 0 Å². The molecule has 0 radical (unpaired) electrons. The predicted molar refractivity (Wildman–Crippen MR) is 98.2 cm³/mol. The SMILES string of the molecule is COc1ccccc1NC(=O)[C@H](C)OC(=O)/C=C/c1ccc(Br)s1. The van der Waals surface area contributed by atoms with Crippen LogP contribution in [0, 0.1) is 0 Å². The molecule has 1 amide bonds. The number of benzene rings is 1. The second-order valence-corrected chi connectivity index (χ2v) is 7.24. The maximum Gasteiger partial charge on any atom is 0.331 e. The lowest BCUT2D eigenvalue weighted by Gasteiger charge is -2.14. The van der Waals surface area contributed by atoms with Crippen LogP contribution in [0.2, 0.25) is 0 Å². The van der Waals surface area contributed by atoms with Crippen molar-refractivity contribution in [3.63, 3.8) is 0 Å². The van der Waals surface area contributed by atoms with Gasteiger partial charge in [-0.05, 0) is 53.2 Å². The summed E-state index contributed by atoms with van der Waals surface area (Å²) in [5.41, 5.74) is 0.520. The van der Waals surface area contributed by atoms with Gasteiger partial charge in [-0.1, -0.05) is 12.1 Å². The van der Waals surface area contributed by atoms with Crippen LogP contribution >= 0.6 is 27.3 Å². The first kappa shape index (κ1) is 18.2. The first-order chi connectivity index (χ1) is 11.5. The smallest absolute Gasteiger partial charge is 0.331 e. The number of ether oxygens (including phenoxy) is 2. The van der Waals surface area contributed by atoms with Crippen LogP contribution in [-0.4, -0.2) is 25.1 Å². The molecule has 1 atom stereocenters. The Labute approximate surface area is 152 Å². The largest absolute Gasteiger partial charge is 0.495 e. The third-order valence-electron chi connectivity index (χ3n) is 3.00. The fourth-order valence-electron chi connectivity index (χ4n) is 1.82. The van der Waals surface area contributed by atoms with E-state index in [1.807, 2.05) is 12.1 Å². The number of methoxy groups -OCH3 is 1. The lowest BCUT2D eigenvalue weighted by molar-refractivity contribution is -0.148. The Bertz CT molecular complexity index is 757. The van der Waals surface area contributed by atoms with E-state index < -0.39 is 18.0 Å². The van der Waals surface area contributed by atoms with Crippen molar-refractivity contribution < 1.29 is 19.1 Å². The predicted octanol–water partition coefficient (Wildman–Crippen LogP) is 4.10. The lowest BCUT2D eigenvalue weighted by Crippen LogP contribution is -2.29. The van der Waals surface area contributed by atoms with E-state index in [1.165, 1.54) is 31.4 Å². The van der Waals surface area contributed by atoms with Gasteiger partial charge in [0, 0.05) is 11.0 Å². The molecule has 24 heavy (non-hydrogen) atoms. The molecule has 5 nitrogen and oxygen atoms in total. The summed E-state index contributed by atoms with van der Waals surface area (Å²) in [6, 6.07) is 10.8. The molecule has 0 aliphatic carbocycles. The van der Waals surface area contributed by atoms with Crippen molar-refractivity contribution in [2.75, 3.05) is 12.4 Å². The second kappa shape index (κ2) is 8.65. The first-order valence-electron chi connectivity index (χ1n) is 7.07. The summed E-state index contributed by atoms with van der Waals surface area (Å²) in [7, 11) is 1.52. The summed E-state index contributed by atoms with van der Waals surface area (Å²) in [6.45, 7) is 1.51. The number of anilines is 1. The minimum absolute atomic E-state index is 0.430. The van der Waals surface area contributed by atoms with E-state index in [2.05, 4.69) is 21.2 Å². The molecule has 0 aliphatic rings. The summed E-state index contributed by atoms with van der Waals surface area (Å²) in [5.74, 6) is -0.477. The highest BCUT2D eigenvalue weighted by atomic mass is 79.9. The summed E-state index contributed by atoms with van der Waals surface area (Å²) < 4.78 is 11.2. The fourth-order valence-corrected chi connectivity index (χ4v) is 3.14. The highest BCUT2D eigenvalue weighted by molar-refractivity contribution is 9.11. The summed E-state index contributed by atoms with van der Waals surface area (Å²) in [4.78, 5) is 24.8. The van der Waals surface area contributed by atoms with E-state index >= 15 is 0 Å². The Hall–Kier alpha value is -2.12. The number of thiophene rings is 1. The van der Waals surface area contributed by atoms with E-state index in [0.29, 0.717) is 11.4 Å². The number of hydrogen-bond acceptors (Lipinski definition) is 5. The highest BCUT2D eigenvalue weighted by Gasteiger charge is 2.18. The zero-order valence-electron chi connectivity index (χ0n) is 13.1. The highest BCUT2D eigenvalue weighted by Crippen LogP contribution is 2.24. The number of nitrogens with one attached hydrogen (secondary N) is 1. The van der Waals surface area contributed by atoms with E-state index in [-0.39, 0.29) is 0 Å². The number of rotatable bonds is 6. The first-order valence-corrected chi connectivity index (χ1v) is 8.68. The molecule has 1 aromatic heterocycles. The molecule has 0 fully saturated rings. The molecule has 0 bridgehead atoms. The number of carbonyl (C=O) groups is 2. The topological polar surface area (TPSA) is 64.6 Å². The van der Waals surface area contributed by atoms with Crippen LogP contribution in [0.4, 0.5) is 5.69 Å². The molecule has 0 saturated carbocycles. The van der Waals surface area contributed by atoms with Gasteiger partial charge in [-0.15, -0.1) is 11.3 Å². The third-order valence-corrected chi connectivity index (χ3v) is 4.59. The normalized spacial score (nSPS) is 12.0. The van der Waals surface area contributed by atoms with Gasteiger partial charge in [0.05, 0.1) is 16.6 Å². The van der Waals surface area contributed by atoms with Gasteiger partial charge in [0.1, 0.15) is 5.75 Å². The molecule has 2 rings (SSSR count). The third kappa shape index (κ3) is 5.21. The van der Waals surface area contributed by atoms with Crippen molar-refractivity contribution in [3.8, 4) is 5.75 Å². The van der Waals surface area contributed by atoms with Gasteiger partial charge in [0.15, 0.2) is 6.10 Å². The minimum atomic E-state index is -0.929. The standard InChI is InChI=1S/C17H16BrNO4S/c1-11(17(21)19-13-5-3-4-6-14(13)22-2)23-16(20)10-8-12-7-9-15(18)24-12/h3-11H,1-2H3,(H,19,21)/b10-8+/t11-/m0/s1.